The maximum absolute atomic E-state index is 13.8. The Morgan fingerprint density at radius 1 is 0.875 bits per heavy atom. The molecule has 0 radical (unpaired) electrons. The second kappa shape index (κ2) is 13.7. The van der Waals surface area contributed by atoms with Gasteiger partial charge in [0.05, 0.1) is 4.90 Å². The first-order valence-electron chi connectivity index (χ1n) is 14.0. The van der Waals surface area contributed by atoms with Crippen LogP contribution in [0.4, 0.5) is 0 Å². The van der Waals surface area contributed by atoms with Crippen molar-refractivity contribution in [1.82, 2.24) is 14.9 Å². The van der Waals surface area contributed by atoms with Crippen LogP contribution in [0.2, 0.25) is 0 Å². The molecule has 0 saturated heterocycles. The van der Waals surface area contributed by atoms with Crippen LogP contribution in [0, 0.1) is 5.92 Å². The lowest BCUT2D eigenvalue weighted by atomic mass is 10.0. The molecule has 1 aliphatic carbocycles. The molecular weight excluding hydrogens is 522 g/mol. The Kier molecular flexibility index (Phi) is 10.1. The minimum atomic E-state index is -3.53. The van der Waals surface area contributed by atoms with Crippen LogP contribution in [0.15, 0.2) is 89.8 Å². The number of amides is 2. The third kappa shape index (κ3) is 8.50. The van der Waals surface area contributed by atoms with Crippen molar-refractivity contribution in [2.75, 3.05) is 6.54 Å². The molecule has 2 N–H and O–H groups in total. The van der Waals surface area contributed by atoms with Crippen LogP contribution in [-0.4, -0.2) is 37.7 Å². The Bertz CT molecular complexity index is 1360. The molecule has 2 amide bonds. The zero-order valence-corrected chi connectivity index (χ0v) is 24.1. The Morgan fingerprint density at radius 3 is 2.10 bits per heavy atom. The van der Waals surface area contributed by atoms with E-state index < -0.39 is 16.1 Å². The average Bonchev–Trinajstić information content (AvgIpc) is 3.76. The van der Waals surface area contributed by atoms with Gasteiger partial charge < -0.3 is 10.2 Å². The maximum Gasteiger partial charge on any atom is 0.247 e. The second-order valence-electron chi connectivity index (χ2n) is 10.8. The van der Waals surface area contributed by atoms with Crippen molar-refractivity contribution in [3.05, 3.63) is 102 Å². The molecule has 0 bridgehead atoms. The Labute approximate surface area is 238 Å². The molecule has 3 aromatic carbocycles. The van der Waals surface area contributed by atoms with Crippen molar-refractivity contribution < 1.29 is 18.0 Å². The lowest BCUT2D eigenvalue weighted by molar-refractivity contribution is -0.141. The van der Waals surface area contributed by atoms with Gasteiger partial charge in [0.25, 0.3) is 0 Å². The van der Waals surface area contributed by atoms with E-state index in [0.717, 1.165) is 36.0 Å². The van der Waals surface area contributed by atoms with Crippen LogP contribution < -0.4 is 10.0 Å². The first-order chi connectivity index (χ1) is 19.2. The Hall–Kier alpha value is -3.49. The lowest BCUT2D eigenvalue weighted by Gasteiger charge is -2.32. The highest BCUT2D eigenvalue weighted by atomic mass is 32.2. The van der Waals surface area contributed by atoms with Gasteiger partial charge in [0.2, 0.25) is 21.8 Å². The molecule has 0 aliphatic heterocycles. The van der Waals surface area contributed by atoms with E-state index in [9.17, 15) is 18.0 Å². The third-order valence-electron chi connectivity index (χ3n) is 6.97. The van der Waals surface area contributed by atoms with Crippen molar-refractivity contribution in [2.24, 2.45) is 5.92 Å². The molecule has 1 atom stereocenters. The zero-order valence-electron chi connectivity index (χ0n) is 23.3. The van der Waals surface area contributed by atoms with Crippen LogP contribution in [-0.2, 0) is 32.6 Å². The molecule has 3 aromatic rings. The van der Waals surface area contributed by atoms with Crippen LogP contribution >= 0.6 is 0 Å². The van der Waals surface area contributed by atoms with Gasteiger partial charge in [-0.05, 0) is 60.4 Å². The molecule has 0 aromatic heterocycles. The summed E-state index contributed by atoms with van der Waals surface area (Å²) in [5.74, 6) is 0.0982. The van der Waals surface area contributed by atoms with Gasteiger partial charge in [-0.3, -0.25) is 9.59 Å². The van der Waals surface area contributed by atoms with Crippen molar-refractivity contribution in [3.8, 4) is 0 Å². The average molecular weight is 562 g/mol. The van der Waals surface area contributed by atoms with E-state index in [1.54, 1.807) is 29.2 Å². The third-order valence-corrected chi connectivity index (χ3v) is 8.51. The first kappa shape index (κ1) is 29.5. The van der Waals surface area contributed by atoms with E-state index in [-0.39, 0.29) is 29.2 Å². The molecule has 1 aliphatic rings. The van der Waals surface area contributed by atoms with Gasteiger partial charge in [-0.1, -0.05) is 86.6 Å². The first-order valence-corrected chi connectivity index (χ1v) is 15.5. The normalized spacial score (nSPS) is 14.1. The molecule has 7 nitrogen and oxygen atoms in total. The van der Waals surface area contributed by atoms with Gasteiger partial charge in [-0.25, -0.2) is 13.1 Å². The number of nitrogens with one attached hydrogen (secondary N) is 2. The summed E-state index contributed by atoms with van der Waals surface area (Å²) in [5, 5.41) is 3.05. The number of carbonyl (C=O) groups excluding carboxylic acids is 2. The largest absolute Gasteiger partial charge is 0.354 e. The molecule has 0 spiro atoms. The number of nitrogens with zero attached hydrogens (tertiary/aromatic N) is 1. The van der Waals surface area contributed by atoms with Crippen LogP contribution in [0.25, 0.3) is 0 Å². The van der Waals surface area contributed by atoms with Gasteiger partial charge >= 0.3 is 0 Å². The summed E-state index contributed by atoms with van der Waals surface area (Å²) in [6.45, 7) is 5.05. The highest BCUT2D eigenvalue weighted by Gasteiger charge is 2.31. The monoisotopic (exact) mass is 561 g/mol. The topological polar surface area (TPSA) is 95.6 Å². The summed E-state index contributed by atoms with van der Waals surface area (Å²) >= 11 is 0. The fraction of sp³-hybridized carbons (Fsp3) is 0.375. The summed E-state index contributed by atoms with van der Waals surface area (Å²) in [4.78, 5) is 29.3. The van der Waals surface area contributed by atoms with Gasteiger partial charge in [0.1, 0.15) is 6.04 Å². The minimum absolute atomic E-state index is 0.0398. The number of aryl methyl sites for hydroxylation is 1. The second-order valence-corrected chi connectivity index (χ2v) is 12.5. The van der Waals surface area contributed by atoms with Gasteiger partial charge in [-0.2, -0.15) is 0 Å². The van der Waals surface area contributed by atoms with E-state index >= 15 is 0 Å². The van der Waals surface area contributed by atoms with Gasteiger partial charge in [0, 0.05) is 25.6 Å². The summed E-state index contributed by atoms with van der Waals surface area (Å²) < 4.78 is 27.7. The quantitative estimate of drug-likeness (QED) is 0.290. The summed E-state index contributed by atoms with van der Waals surface area (Å²) in [6, 6.07) is 25.0. The van der Waals surface area contributed by atoms with E-state index in [1.807, 2.05) is 60.7 Å². The summed E-state index contributed by atoms with van der Waals surface area (Å²) in [5.41, 5.74) is 2.55. The number of benzene rings is 3. The lowest BCUT2D eigenvalue weighted by Crippen LogP contribution is -2.43. The fourth-order valence-corrected chi connectivity index (χ4v) is 5.82. The molecule has 8 heteroatoms. The molecule has 212 valence electrons. The number of hydrogen-bond donors (Lipinski definition) is 2. The summed E-state index contributed by atoms with van der Waals surface area (Å²) in [7, 11) is -3.53. The van der Waals surface area contributed by atoms with Gasteiger partial charge in [-0.15, -0.1) is 0 Å². The predicted molar refractivity (Wildman–Crippen MR) is 157 cm³/mol. The standard InChI is InChI=1S/C32H39N3O4S/c1-24(2)21-22-33-32(37)31(27-11-7-4-8-12-27)35(23-26-9-5-3-6-10-26)30(36)20-15-25-13-18-29(19-14-25)40(38,39)34-28-16-17-28/h3-14,18-19,24,28,31,34H,15-17,20-23H2,1-2H3,(H,33,37). The number of rotatable bonds is 14. The maximum atomic E-state index is 13.8. The number of hydrogen-bond acceptors (Lipinski definition) is 4. The molecular formula is C32H39N3O4S. The van der Waals surface area contributed by atoms with Crippen LogP contribution in [0.5, 0.6) is 0 Å². The number of sulfonamides is 1. The molecule has 4 rings (SSSR count). The fourth-order valence-electron chi connectivity index (χ4n) is 4.51. The van der Waals surface area contributed by atoms with Gasteiger partial charge in [0.15, 0.2) is 0 Å². The van der Waals surface area contributed by atoms with E-state index in [2.05, 4.69) is 23.9 Å². The molecule has 0 heterocycles. The summed E-state index contributed by atoms with van der Waals surface area (Å²) in [6.07, 6.45) is 3.21. The van der Waals surface area contributed by atoms with E-state index in [1.165, 1.54) is 0 Å². The smallest absolute Gasteiger partial charge is 0.247 e. The van der Waals surface area contributed by atoms with E-state index in [4.69, 9.17) is 0 Å². The van der Waals surface area contributed by atoms with Crippen molar-refractivity contribution in [1.29, 1.82) is 0 Å². The SMILES string of the molecule is CC(C)CCNC(=O)C(c1ccccc1)N(Cc1ccccc1)C(=O)CCc1ccc(S(=O)(=O)NC2CC2)cc1. The predicted octanol–water partition coefficient (Wildman–Crippen LogP) is 4.99. The molecule has 40 heavy (non-hydrogen) atoms. The number of carbonyl (C=O) groups is 2. The van der Waals surface area contributed by atoms with Crippen LogP contribution in [0.3, 0.4) is 0 Å². The molecule has 1 unspecified atom stereocenters. The minimum Gasteiger partial charge on any atom is -0.354 e. The van der Waals surface area contributed by atoms with E-state index in [0.29, 0.717) is 25.4 Å². The van der Waals surface area contributed by atoms with Crippen molar-refractivity contribution in [2.45, 2.75) is 69.5 Å². The van der Waals surface area contributed by atoms with Crippen molar-refractivity contribution in [3.63, 3.8) is 0 Å². The Morgan fingerprint density at radius 2 is 1.50 bits per heavy atom. The molecule has 1 fully saturated rings. The molecule has 1 saturated carbocycles. The van der Waals surface area contributed by atoms with Crippen molar-refractivity contribution >= 4 is 21.8 Å². The highest BCUT2D eigenvalue weighted by molar-refractivity contribution is 7.89. The Balaban J connectivity index is 1.53. The highest BCUT2D eigenvalue weighted by Crippen LogP contribution is 2.26. The van der Waals surface area contributed by atoms with Crippen LogP contribution in [0.1, 0.15) is 62.3 Å². The zero-order chi connectivity index (χ0) is 28.5.